The summed E-state index contributed by atoms with van der Waals surface area (Å²) in [5, 5.41) is 13.2. The quantitative estimate of drug-likeness (QED) is 0.0367. The van der Waals surface area contributed by atoms with Crippen LogP contribution in [-0.4, -0.2) is 75.1 Å². The third-order valence-electron chi connectivity index (χ3n) is 12.7. The van der Waals surface area contributed by atoms with Crippen LogP contribution in [0.3, 0.4) is 0 Å². The van der Waals surface area contributed by atoms with E-state index in [0.717, 1.165) is 0 Å². The highest BCUT2D eigenvalue weighted by Crippen LogP contribution is 2.55. The predicted octanol–water partition coefficient (Wildman–Crippen LogP) is 4.27. The Morgan fingerprint density at radius 2 is 1.76 bits per heavy atom. The Morgan fingerprint density at radius 3 is 2.40 bits per heavy atom. The van der Waals surface area contributed by atoms with E-state index in [9.17, 15) is 51.8 Å². The lowest BCUT2D eigenvalue weighted by atomic mass is 9.81. The summed E-state index contributed by atoms with van der Waals surface area (Å²) in [6, 6.07) is 4.62. The zero-order chi connectivity index (χ0) is 51.0. The van der Waals surface area contributed by atoms with Gasteiger partial charge in [-0.1, -0.05) is 32.9 Å². The fraction of sp³-hybridized carbons (Fsp3) is 0.435. The van der Waals surface area contributed by atoms with Gasteiger partial charge < -0.3 is 46.5 Å². The van der Waals surface area contributed by atoms with Crippen molar-refractivity contribution < 1.29 is 65.2 Å². The van der Waals surface area contributed by atoms with Crippen molar-refractivity contribution >= 4 is 60.0 Å². The topological polar surface area (TPSA) is 288 Å². The molecule has 0 radical (unpaired) electrons. The van der Waals surface area contributed by atoms with E-state index in [-0.39, 0.29) is 84.8 Å². The highest BCUT2D eigenvalue weighted by atomic mass is 31.2. The van der Waals surface area contributed by atoms with E-state index >= 15 is 4.39 Å². The predicted molar refractivity (Wildman–Crippen MR) is 244 cm³/mol. The number of amides is 6. The molecule has 24 heteroatoms. The number of nitrogens with two attached hydrogens (primary N) is 1. The van der Waals surface area contributed by atoms with E-state index in [2.05, 4.69) is 26.6 Å². The van der Waals surface area contributed by atoms with E-state index in [4.69, 9.17) is 24.5 Å². The number of carbonyl (C=O) groups is 6. The van der Waals surface area contributed by atoms with Crippen LogP contribution in [0.5, 0.6) is 0 Å². The molecule has 4 aromatic rings. The van der Waals surface area contributed by atoms with Crippen molar-refractivity contribution in [3.63, 3.8) is 0 Å². The number of phosphoric ester groups is 1. The van der Waals surface area contributed by atoms with E-state index in [1.165, 1.54) is 54.8 Å². The lowest BCUT2D eigenvalue weighted by Gasteiger charge is -2.36. The molecule has 0 bridgehead atoms. The van der Waals surface area contributed by atoms with Gasteiger partial charge in [0, 0.05) is 41.7 Å². The number of cyclic esters (lactones) is 1. The number of phosphoric acid groups is 1. The molecule has 0 saturated heterocycles. The van der Waals surface area contributed by atoms with Gasteiger partial charge in [0.25, 0.3) is 11.5 Å². The van der Waals surface area contributed by atoms with Crippen LogP contribution in [0, 0.1) is 18.7 Å². The standard InChI is InChI=1S/C46H52F3N8O12P/c1-6-46(69-70(65,66)68-19-24-9-11-25(12-10-24)53-40(59)32(8-7-15-51-45(50)64)56-41(60)37(21(2)3)52-23(5)58)29-16-34-38-27(18-57(34)43(62)28(29)20-67-44(46)63)36-31(55-42(61)39(48)49)14-13-26-22(4)30(47)17-33(54-38)35(26)36/h9-12,16-17,21,31-32,37,39H,6-8,13-15,18-20H2,1-5H3,(H,52,58)(H,53,59)(H,55,61)(H,56,60)(H,65,66)(H3,50,51,64)/t31-,32-,37-,46-/m0/s1. The first-order valence-corrected chi connectivity index (χ1v) is 23.9. The minimum absolute atomic E-state index is 0.0755. The molecule has 1 aliphatic carbocycles. The van der Waals surface area contributed by atoms with Crippen molar-refractivity contribution in [3.05, 3.63) is 91.5 Å². The number of pyridine rings is 2. The van der Waals surface area contributed by atoms with Gasteiger partial charge >= 0.3 is 26.2 Å². The number of alkyl halides is 2. The van der Waals surface area contributed by atoms with Gasteiger partial charge in [0.05, 0.1) is 41.7 Å². The molecular weight excluding hydrogens is 945 g/mol. The minimum Gasteiger partial charge on any atom is -0.458 e. The molecule has 8 N–H and O–H groups in total. The van der Waals surface area contributed by atoms with E-state index in [0.29, 0.717) is 33.2 Å². The minimum atomic E-state index is -5.23. The maximum absolute atomic E-state index is 15.3. The zero-order valence-corrected chi connectivity index (χ0v) is 39.6. The number of urea groups is 1. The number of rotatable bonds is 18. The zero-order valence-electron chi connectivity index (χ0n) is 38.7. The molecule has 2 aliphatic heterocycles. The third-order valence-corrected chi connectivity index (χ3v) is 13.7. The molecule has 6 amide bonds. The summed E-state index contributed by atoms with van der Waals surface area (Å²) in [6.45, 7) is 6.61. The molecule has 20 nitrogen and oxygen atoms in total. The summed E-state index contributed by atoms with van der Waals surface area (Å²) in [5.74, 6) is -5.19. The van der Waals surface area contributed by atoms with Crippen LogP contribution in [0.1, 0.15) is 98.4 Å². The average Bonchev–Trinajstić information content (AvgIpc) is 3.67. The highest BCUT2D eigenvalue weighted by Gasteiger charge is 2.53. The number of esters is 1. The number of nitrogens with zero attached hydrogens (tertiary/aromatic N) is 2. The molecule has 1 unspecified atom stereocenters. The second-order valence-electron chi connectivity index (χ2n) is 17.6. The molecule has 3 aliphatic rings. The number of benzene rings is 2. The van der Waals surface area contributed by atoms with Gasteiger partial charge in [0.2, 0.25) is 23.3 Å². The van der Waals surface area contributed by atoms with Crippen LogP contribution in [0.15, 0.2) is 41.2 Å². The number of aromatic nitrogens is 2. The number of hydrogen-bond donors (Lipinski definition) is 7. The molecule has 7 rings (SSSR count). The normalized spacial score (nSPS) is 18.4. The fourth-order valence-electron chi connectivity index (χ4n) is 9.17. The Kier molecular flexibility index (Phi) is 14.9. The second-order valence-corrected chi connectivity index (χ2v) is 19.0. The molecule has 5 atom stereocenters. The van der Waals surface area contributed by atoms with Crippen molar-refractivity contribution in [1.82, 2.24) is 30.8 Å². The van der Waals surface area contributed by atoms with Gasteiger partial charge in [-0.3, -0.25) is 33.0 Å². The second kappa shape index (κ2) is 20.3. The summed E-state index contributed by atoms with van der Waals surface area (Å²) in [6.07, 6.45) is -2.94. The largest absolute Gasteiger partial charge is 0.473 e. The number of fused-ring (bicyclic) bond motifs is 5. The van der Waals surface area contributed by atoms with Gasteiger partial charge in [-0.25, -0.2) is 23.5 Å². The first-order valence-electron chi connectivity index (χ1n) is 22.4. The summed E-state index contributed by atoms with van der Waals surface area (Å²) < 4.78 is 74.0. The molecule has 0 saturated carbocycles. The Balaban J connectivity index is 1.12. The lowest BCUT2D eigenvalue weighted by Crippen LogP contribution is -2.54. The molecular formula is C46H52F3N8O12P. The Morgan fingerprint density at radius 1 is 1.04 bits per heavy atom. The van der Waals surface area contributed by atoms with Crippen molar-refractivity contribution in [2.24, 2.45) is 11.7 Å². The summed E-state index contributed by atoms with van der Waals surface area (Å²) in [7, 11) is -5.23. The molecule has 0 spiro atoms. The number of ether oxygens (including phenoxy) is 1. The third kappa shape index (κ3) is 10.3. The first kappa shape index (κ1) is 51.2. The van der Waals surface area contributed by atoms with Crippen LogP contribution in [0.2, 0.25) is 0 Å². The van der Waals surface area contributed by atoms with Crippen LogP contribution < -0.4 is 37.9 Å². The van der Waals surface area contributed by atoms with Gasteiger partial charge in [-0.05, 0) is 85.4 Å². The Hall–Kier alpha value is -6.68. The molecule has 70 heavy (non-hydrogen) atoms. The number of primary amides is 1. The molecule has 0 fully saturated rings. The molecule has 2 aromatic heterocycles. The van der Waals surface area contributed by atoms with Gasteiger partial charge in [-0.15, -0.1) is 0 Å². The number of aryl methyl sites for hydroxylation is 1. The van der Waals surface area contributed by atoms with E-state index < -0.39 is 98.2 Å². The summed E-state index contributed by atoms with van der Waals surface area (Å²) in [4.78, 5) is 106. The van der Waals surface area contributed by atoms with Gasteiger partial charge in [0.1, 0.15) is 24.5 Å². The van der Waals surface area contributed by atoms with Gasteiger partial charge in [0.15, 0.2) is 0 Å². The van der Waals surface area contributed by atoms with Crippen LogP contribution in [0.4, 0.5) is 23.7 Å². The van der Waals surface area contributed by atoms with Crippen molar-refractivity contribution in [1.29, 1.82) is 0 Å². The van der Waals surface area contributed by atoms with Crippen molar-refractivity contribution in [2.75, 3.05) is 11.9 Å². The maximum Gasteiger partial charge on any atom is 0.473 e. The van der Waals surface area contributed by atoms with Crippen molar-refractivity contribution in [3.8, 4) is 11.4 Å². The van der Waals surface area contributed by atoms with Crippen LogP contribution in [-0.2, 0) is 74.1 Å². The molecule has 4 heterocycles. The highest BCUT2D eigenvalue weighted by molar-refractivity contribution is 7.47. The van der Waals surface area contributed by atoms with Crippen LogP contribution in [0.25, 0.3) is 22.3 Å². The number of anilines is 1. The summed E-state index contributed by atoms with van der Waals surface area (Å²) in [5.41, 5.74) is 4.54. The summed E-state index contributed by atoms with van der Waals surface area (Å²) >= 11 is 0. The smallest absolute Gasteiger partial charge is 0.458 e. The fourth-order valence-corrected chi connectivity index (χ4v) is 10.2. The lowest BCUT2D eigenvalue weighted by molar-refractivity contribution is -0.171. The maximum atomic E-state index is 15.3. The number of carbonyl (C=O) groups excluding carboxylic acids is 6. The number of hydrogen-bond acceptors (Lipinski definition) is 12. The SMILES string of the molecule is CC[C@@]1(OP(=O)(O)OCc2ccc(NC(=O)[C@H](CCCNC(N)=O)NC(=O)[C@@H](NC(C)=O)C(C)C)cc2)C(=O)OCc2c1cc1n(c2=O)Cc2c-1nc1cc(F)c(C)c3c1c2[C@@H](NC(=O)C(F)F)CC3. The number of halogens is 3. The molecule has 2 aromatic carbocycles. The van der Waals surface area contributed by atoms with Crippen molar-refractivity contribution in [2.45, 2.75) is 117 Å². The average molecular weight is 997 g/mol. The van der Waals surface area contributed by atoms with E-state index in [1.54, 1.807) is 20.8 Å². The monoisotopic (exact) mass is 996 g/mol. The Labute approximate surface area is 398 Å². The Bertz CT molecular complexity index is 2920. The molecule has 374 valence electrons. The van der Waals surface area contributed by atoms with Crippen LogP contribution >= 0.6 is 7.82 Å². The number of nitrogens with one attached hydrogen (secondary N) is 5. The first-order chi connectivity index (χ1) is 33.0. The van der Waals surface area contributed by atoms with E-state index in [1.807, 2.05) is 0 Å². The van der Waals surface area contributed by atoms with Gasteiger partial charge in [-0.2, -0.15) is 8.78 Å².